The largest absolute Gasteiger partial charge is 0.488 e. The van der Waals surface area contributed by atoms with Crippen LogP contribution in [0.1, 0.15) is 52.0 Å². The Morgan fingerprint density at radius 1 is 0.929 bits per heavy atom. The third-order valence-corrected chi connectivity index (χ3v) is 5.02. The van der Waals surface area contributed by atoms with Gasteiger partial charge in [-0.05, 0) is 54.7 Å². The summed E-state index contributed by atoms with van der Waals surface area (Å²) >= 11 is 0. The predicted molar refractivity (Wildman–Crippen MR) is 114 cm³/mol. The number of benzene rings is 3. The summed E-state index contributed by atoms with van der Waals surface area (Å²) in [7, 11) is 0. The molecule has 1 N–H and O–H groups in total. The van der Waals surface area contributed by atoms with E-state index in [2.05, 4.69) is 44.3 Å². The number of hydrogen-bond donors (Lipinski definition) is 1. The minimum absolute atomic E-state index is 0.0334. The van der Waals surface area contributed by atoms with E-state index in [4.69, 9.17) is 4.74 Å². The van der Waals surface area contributed by atoms with E-state index in [0.29, 0.717) is 17.9 Å². The topological polar surface area (TPSA) is 38.3 Å². The molecule has 1 atom stereocenters. The van der Waals surface area contributed by atoms with Gasteiger partial charge >= 0.3 is 0 Å². The van der Waals surface area contributed by atoms with Gasteiger partial charge in [0.1, 0.15) is 12.4 Å². The van der Waals surface area contributed by atoms with Gasteiger partial charge in [0.05, 0.1) is 11.6 Å². The second-order valence-electron chi connectivity index (χ2n) is 7.05. The molecule has 1 amide bonds. The lowest BCUT2D eigenvalue weighted by atomic mass is 9.99. The molecular formula is C25H27NO2. The standard InChI is InChI=1S/C25H27NO2/c1-4-23(21-15-14-18(2)19(3)16-21)26-25(27)22-12-8-9-13-24(22)28-17-20-10-6-5-7-11-20/h5-16,23H,4,17H2,1-3H3,(H,26,27). The Morgan fingerprint density at radius 2 is 1.64 bits per heavy atom. The van der Waals surface area contributed by atoms with E-state index in [1.807, 2.05) is 54.6 Å². The second kappa shape index (κ2) is 9.23. The number of hydrogen-bond acceptors (Lipinski definition) is 2. The minimum atomic E-state index is -0.117. The SMILES string of the molecule is CCC(NC(=O)c1ccccc1OCc1ccccc1)c1ccc(C)c(C)c1. The Morgan fingerprint density at radius 3 is 2.36 bits per heavy atom. The molecule has 0 bridgehead atoms. The maximum absolute atomic E-state index is 13.0. The van der Waals surface area contributed by atoms with Crippen LogP contribution < -0.4 is 10.1 Å². The first-order valence-corrected chi connectivity index (χ1v) is 9.72. The van der Waals surface area contributed by atoms with Gasteiger partial charge in [-0.25, -0.2) is 0 Å². The summed E-state index contributed by atoms with van der Waals surface area (Å²) in [4.78, 5) is 13.0. The Hall–Kier alpha value is -3.07. The van der Waals surface area contributed by atoms with Crippen LogP contribution in [0.15, 0.2) is 72.8 Å². The summed E-state index contributed by atoms with van der Waals surface area (Å²) in [5.74, 6) is 0.479. The van der Waals surface area contributed by atoms with Gasteiger partial charge in [0.25, 0.3) is 5.91 Å². The van der Waals surface area contributed by atoms with Crippen LogP contribution in [-0.2, 0) is 6.61 Å². The van der Waals surface area contributed by atoms with Gasteiger partial charge in [0.15, 0.2) is 0 Å². The maximum Gasteiger partial charge on any atom is 0.255 e. The fraction of sp³-hybridized carbons (Fsp3) is 0.240. The van der Waals surface area contributed by atoms with Crippen LogP contribution in [0.2, 0.25) is 0 Å². The molecule has 28 heavy (non-hydrogen) atoms. The van der Waals surface area contributed by atoms with Gasteiger partial charge in [-0.3, -0.25) is 4.79 Å². The molecule has 3 rings (SSSR count). The summed E-state index contributed by atoms with van der Waals surface area (Å²) in [6.07, 6.45) is 0.821. The Bertz CT molecular complexity index is 934. The Labute approximate surface area is 167 Å². The third-order valence-electron chi connectivity index (χ3n) is 5.02. The molecule has 0 heterocycles. The average Bonchev–Trinajstić information content (AvgIpc) is 2.73. The van der Waals surface area contributed by atoms with Crippen LogP contribution in [-0.4, -0.2) is 5.91 Å². The predicted octanol–water partition coefficient (Wildman–Crippen LogP) is 5.76. The van der Waals surface area contributed by atoms with E-state index in [-0.39, 0.29) is 11.9 Å². The maximum atomic E-state index is 13.0. The molecule has 3 heteroatoms. The first kappa shape index (κ1) is 19.7. The molecule has 144 valence electrons. The van der Waals surface area contributed by atoms with Gasteiger partial charge in [-0.15, -0.1) is 0 Å². The van der Waals surface area contributed by atoms with Crippen molar-refractivity contribution in [3.05, 3.63) is 101 Å². The number of amides is 1. The van der Waals surface area contributed by atoms with Crippen molar-refractivity contribution in [1.29, 1.82) is 0 Å². The van der Waals surface area contributed by atoms with Crippen LogP contribution in [0.3, 0.4) is 0 Å². The molecule has 0 saturated carbocycles. The molecular weight excluding hydrogens is 346 g/mol. The van der Waals surface area contributed by atoms with Gasteiger partial charge in [0.2, 0.25) is 0 Å². The molecule has 0 aliphatic heterocycles. The van der Waals surface area contributed by atoms with Crippen molar-refractivity contribution in [3.63, 3.8) is 0 Å². The van der Waals surface area contributed by atoms with Crippen molar-refractivity contribution in [2.45, 2.75) is 39.8 Å². The van der Waals surface area contributed by atoms with Crippen molar-refractivity contribution in [3.8, 4) is 5.75 Å². The first-order chi connectivity index (χ1) is 13.6. The molecule has 3 nitrogen and oxygen atoms in total. The van der Waals surface area contributed by atoms with Crippen molar-refractivity contribution >= 4 is 5.91 Å². The molecule has 0 aromatic heterocycles. The van der Waals surface area contributed by atoms with Crippen LogP contribution in [0.4, 0.5) is 0 Å². The molecule has 3 aromatic rings. The molecule has 0 aliphatic carbocycles. The number of rotatable bonds is 7. The lowest BCUT2D eigenvalue weighted by molar-refractivity contribution is 0.0931. The fourth-order valence-corrected chi connectivity index (χ4v) is 3.15. The van der Waals surface area contributed by atoms with Crippen LogP contribution in [0.25, 0.3) is 0 Å². The zero-order chi connectivity index (χ0) is 19.9. The summed E-state index contributed by atoms with van der Waals surface area (Å²) in [6, 6.07) is 23.7. The normalized spacial score (nSPS) is 11.7. The van der Waals surface area contributed by atoms with E-state index in [1.54, 1.807) is 0 Å². The highest BCUT2D eigenvalue weighted by molar-refractivity contribution is 5.97. The van der Waals surface area contributed by atoms with Crippen molar-refractivity contribution in [1.82, 2.24) is 5.32 Å². The molecule has 0 fully saturated rings. The molecule has 3 aromatic carbocycles. The summed E-state index contributed by atoms with van der Waals surface area (Å²) in [5.41, 5.74) is 5.24. The number of ether oxygens (including phenoxy) is 1. The van der Waals surface area contributed by atoms with Gasteiger partial charge in [-0.2, -0.15) is 0 Å². The van der Waals surface area contributed by atoms with E-state index in [0.717, 1.165) is 17.5 Å². The van der Waals surface area contributed by atoms with Crippen LogP contribution >= 0.6 is 0 Å². The van der Waals surface area contributed by atoms with Crippen molar-refractivity contribution in [2.75, 3.05) is 0 Å². The Kier molecular flexibility index (Phi) is 6.49. The highest BCUT2D eigenvalue weighted by Gasteiger charge is 2.17. The van der Waals surface area contributed by atoms with Gasteiger partial charge in [-0.1, -0.05) is 67.6 Å². The highest BCUT2D eigenvalue weighted by atomic mass is 16.5. The van der Waals surface area contributed by atoms with Gasteiger partial charge < -0.3 is 10.1 Å². The van der Waals surface area contributed by atoms with Crippen molar-refractivity contribution < 1.29 is 9.53 Å². The van der Waals surface area contributed by atoms with Crippen LogP contribution in [0.5, 0.6) is 5.75 Å². The number of para-hydroxylation sites is 1. The zero-order valence-corrected chi connectivity index (χ0v) is 16.7. The molecule has 0 aliphatic rings. The van der Waals surface area contributed by atoms with E-state index in [1.165, 1.54) is 11.1 Å². The lowest BCUT2D eigenvalue weighted by Gasteiger charge is -2.20. The summed E-state index contributed by atoms with van der Waals surface area (Å²) in [5, 5.41) is 3.17. The number of carbonyl (C=O) groups excluding carboxylic acids is 1. The molecule has 0 radical (unpaired) electrons. The molecule has 0 spiro atoms. The number of nitrogens with one attached hydrogen (secondary N) is 1. The summed E-state index contributed by atoms with van der Waals surface area (Å²) < 4.78 is 5.94. The van der Waals surface area contributed by atoms with Crippen molar-refractivity contribution in [2.24, 2.45) is 0 Å². The lowest BCUT2D eigenvalue weighted by Crippen LogP contribution is -2.28. The molecule has 1 unspecified atom stereocenters. The minimum Gasteiger partial charge on any atom is -0.488 e. The third kappa shape index (κ3) is 4.80. The zero-order valence-electron chi connectivity index (χ0n) is 16.7. The second-order valence-corrected chi connectivity index (χ2v) is 7.05. The first-order valence-electron chi connectivity index (χ1n) is 9.72. The summed E-state index contributed by atoms with van der Waals surface area (Å²) in [6.45, 7) is 6.70. The smallest absolute Gasteiger partial charge is 0.255 e. The number of carbonyl (C=O) groups is 1. The van der Waals surface area contributed by atoms with E-state index < -0.39 is 0 Å². The monoisotopic (exact) mass is 373 g/mol. The molecule has 0 saturated heterocycles. The number of aryl methyl sites for hydroxylation is 2. The average molecular weight is 373 g/mol. The fourth-order valence-electron chi connectivity index (χ4n) is 3.15. The van der Waals surface area contributed by atoms with Gasteiger partial charge in [0, 0.05) is 0 Å². The van der Waals surface area contributed by atoms with E-state index in [9.17, 15) is 4.79 Å². The van der Waals surface area contributed by atoms with E-state index >= 15 is 0 Å². The highest BCUT2D eigenvalue weighted by Crippen LogP contribution is 2.23. The Balaban J connectivity index is 1.75. The van der Waals surface area contributed by atoms with Crippen LogP contribution in [0, 0.1) is 13.8 Å². The quantitative estimate of drug-likeness (QED) is 0.571.